The van der Waals surface area contributed by atoms with E-state index in [0.717, 1.165) is 23.3 Å². The Morgan fingerprint density at radius 2 is 1.90 bits per heavy atom. The summed E-state index contributed by atoms with van der Waals surface area (Å²) in [6, 6.07) is 10.2. The lowest BCUT2D eigenvalue weighted by Gasteiger charge is -2.18. The number of nitrogens with zero attached hydrogens (tertiary/aromatic N) is 2. The van der Waals surface area contributed by atoms with Crippen molar-refractivity contribution >= 4 is 5.91 Å². The van der Waals surface area contributed by atoms with Crippen molar-refractivity contribution in [2.45, 2.75) is 33.0 Å². The van der Waals surface area contributed by atoms with Crippen molar-refractivity contribution in [1.82, 2.24) is 15.1 Å². The largest absolute Gasteiger partial charge is 0.496 e. The van der Waals surface area contributed by atoms with Crippen LogP contribution in [0.2, 0.25) is 0 Å². The number of hydrogen-bond donors (Lipinski definition) is 1. The Hall–Kier alpha value is -3.29. The van der Waals surface area contributed by atoms with Gasteiger partial charge in [0.2, 0.25) is 0 Å². The standard InChI is InChI=1S/C22H22F3N3O2/c1-13-8-9-20(30-4)18(10-13)14(2)27-21(29)19-12-26-28(15(19)3)17-7-5-6-16(11-17)22(23,24)25/h5-12,14H,1-4H3,(H,27,29). The van der Waals surface area contributed by atoms with Crippen LogP contribution < -0.4 is 10.1 Å². The minimum absolute atomic E-state index is 0.231. The van der Waals surface area contributed by atoms with E-state index >= 15 is 0 Å². The molecule has 0 radical (unpaired) electrons. The van der Waals surface area contributed by atoms with Crippen LogP contribution >= 0.6 is 0 Å². The van der Waals surface area contributed by atoms with Crippen LogP contribution in [0.5, 0.6) is 5.75 Å². The SMILES string of the molecule is COc1ccc(C)cc1C(C)NC(=O)c1cnn(-c2cccc(C(F)(F)F)c2)c1C. The minimum Gasteiger partial charge on any atom is -0.496 e. The van der Waals surface area contributed by atoms with Gasteiger partial charge in [-0.25, -0.2) is 4.68 Å². The fourth-order valence-electron chi connectivity index (χ4n) is 3.25. The number of rotatable bonds is 5. The molecule has 1 amide bonds. The lowest BCUT2D eigenvalue weighted by atomic mass is 10.0. The number of methoxy groups -OCH3 is 1. The van der Waals surface area contributed by atoms with E-state index in [-0.39, 0.29) is 23.2 Å². The lowest BCUT2D eigenvalue weighted by Crippen LogP contribution is -2.27. The molecule has 30 heavy (non-hydrogen) atoms. The zero-order valence-electron chi connectivity index (χ0n) is 17.0. The first-order valence-electron chi connectivity index (χ1n) is 9.29. The van der Waals surface area contributed by atoms with Gasteiger partial charge in [0.25, 0.3) is 5.91 Å². The summed E-state index contributed by atoms with van der Waals surface area (Å²) in [7, 11) is 1.56. The van der Waals surface area contributed by atoms with Gasteiger partial charge in [0, 0.05) is 5.56 Å². The van der Waals surface area contributed by atoms with Gasteiger partial charge in [0.05, 0.1) is 41.9 Å². The van der Waals surface area contributed by atoms with Gasteiger partial charge in [0.15, 0.2) is 0 Å². The normalized spacial score (nSPS) is 12.5. The van der Waals surface area contributed by atoms with E-state index in [0.29, 0.717) is 11.4 Å². The van der Waals surface area contributed by atoms with Gasteiger partial charge in [0.1, 0.15) is 5.75 Å². The second-order valence-corrected chi connectivity index (χ2v) is 7.04. The van der Waals surface area contributed by atoms with Crippen molar-refractivity contribution in [2.24, 2.45) is 0 Å². The Bertz CT molecular complexity index is 1070. The van der Waals surface area contributed by atoms with Gasteiger partial charge in [-0.2, -0.15) is 18.3 Å². The Balaban J connectivity index is 1.86. The third kappa shape index (κ3) is 4.32. The number of benzene rings is 2. The zero-order chi connectivity index (χ0) is 22.1. The molecule has 0 fully saturated rings. The molecule has 8 heteroatoms. The Morgan fingerprint density at radius 1 is 1.17 bits per heavy atom. The van der Waals surface area contributed by atoms with Gasteiger partial charge in [-0.05, 0) is 45.0 Å². The molecule has 0 aliphatic heterocycles. The van der Waals surface area contributed by atoms with E-state index < -0.39 is 11.7 Å². The predicted molar refractivity (Wildman–Crippen MR) is 107 cm³/mol. The summed E-state index contributed by atoms with van der Waals surface area (Å²) in [5.74, 6) is 0.284. The van der Waals surface area contributed by atoms with Crippen LogP contribution in [0.1, 0.15) is 45.7 Å². The average Bonchev–Trinajstić information content (AvgIpc) is 3.08. The first kappa shape index (κ1) is 21.4. The molecule has 2 aromatic carbocycles. The maximum atomic E-state index is 13.0. The third-order valence-corrected chi connectivity index (χ3v) is 4.87. The molecule has 3 rings (SSSR count). The van der Waals surface area contributed by atoms with Crippen molar-refractivity contribution in [2.75, 3.05) is 7.11 Å². The Labute approximate surface area is 172 Å². The average molecular weight is 417 g/mol. The molecule has 3 aromatic rings. The molecular formula is C22H22F3N3O2. The first-order valence-corrected chi connectivity index (χ1v) is 9.29. The number of hydrogen-bond acceptors (Lipinski definition) is 3. The van der Waals surface area contributed by atoms with Crippen LogP contribution in [0.3, 0.4) is 0 Å². The number of carbonyl (C=O) groups is 1. The molecule has 5 nitrogen and oxygen atoms in total. The molecule has 1 aromatic heterocycles. The number of nitrogens with one attached hydrogen (secondary N) is 1. The maximum absolute atomic E-state index is 13.0. The van der Waals surface area contributed by atoms with Crippen molar-refractivity contribution in [3.63, 3.8) is 0 Å². The van der Waals surface area contributed by atoms with Crippen LogP contribution in [0.25, 0.3) is 5.69 Å². The lowest BCUT2D eigenvalue weighted by molar-refractivity contribution is -0.137. The van der Waals surface area contributed by atoms with E-state index in [1.54, 1.807) is 14.0 Å². The van der Waals surface area contributed by atoms with Crippen LogP contribution in [0.15, 0.2) is 48.7 Å². The maximum Gasteiger partial charge on any atom is 0.416 e. The molecule has 0 spiro atoms. The van der Waals surface area contributed by atoms with Crippen LogP contribution in [0, 0.1) is 13.8 Å². The Morgan fingerprint density at radius 3 is 2.57 bits per heavy atom. The highest BCUT2D eigenvalue weighted by Crippen LogP contribution is 2.31. The number of carbonyl (C=O) groups excluding carboxylic acids is 1. The summed E-state index contributed by atoms with van der Waals surface area (Å²) in [4.78, 5) is 12.8. The number of halogens is 3. The van der Waals surface area contributed by atoms with E-state index in [1.807, 2.05) is 32.0 Å². The monoisotopic (exact) mass is 417 g/mol. The van der Waals surface area contributed by atoms with Crippen molar-refractivity contribution in [3.05, 3.63) is 76.6 Å². The van der Waals surface area contributed by atoms with Crippen LogP contribution in [0.4, 0.5) is 13.2 Å². The van der Waals surface area contributed by atoms with Gasteiger partial charge < -0.3 is 10.1 Å². The Kier molecular flexibility index (Phi) is 5.87. The number of ether oxygens (including phenoxy) is 1. The highest BCUT2D eigenvalue weighted by atomic mass is 19.4. The summed E-state index contributed by atoms with van der Waals surface area (Å²) in [5.41, 5.74) is 2.03. The summed E-state index contributed by atoms with van der Waals surface area (Å²) in [5, 5.41) is 7.03. The molecule has 0 saturated carbocycles. The number of aromatic nitrogens is 2. The van der Waals surface area contributed by atoms with E-state index in [1.165, 1.54) is 23.0 Å². The topological polar surface area (TPSA) is 56.1 Å². The second kappa shape index (κ2) is 8.22. The van der Waals surface area contributed by atoms with Crippen molar-refractivity contribution in [1.29, 1.82) is 0 Å². The molecular weight excluding hydrogens is 395 g/mol. The number of aryl methyl sites for hydroxylation is 1. The van der Waals surface area contributed by atoms with Gasteiger partial charge in [-0.15, -0.1) is 0 Å². The third-order valence-electron chi connectivity index (χ3n) is 4.87. The minimum atomic E-state index is -4.46. The quantitative estimate of drug-likeness (QED) is 0.635. The van der Waals surface area contributed by atoms with Crippen molar-refractivity contribution < 1.29 is 22.7 Å². The molecule has 0 aliphatic rings. The molecule has 0 aliphatic carbocycles. The molecule has 1 unspecified atom stereocenters. The van der Waals surface area contributed by atoms with Crippen LogP contribution in [-0.2, 0) is 6.18 Å². The fraction of sp³-hybridized carbons (Fsp3) is 0.273. The molecule has 1 heterocycles. The molecule has 158 valence electrons. The van der Waals surface area contributed by atoms with Crippen LogP contribution in [-0.4, -0.2) is 22.8 Å². The zero-order valence-corrected chi connectivity index (χ0v) is 17.0. The highest BCUT2D eigenvalue weighted by Gasteiger charge is 2.31. The summed E-state index contributed by atoms with van der Waals surface area (Å²) >= 11 is 0. The summed E-state index contributed by atoms with van der Waals surface area (Å²) < 4.78 is 45.7. The predicted octanol–water partition coefficient (Wildman–Crippen LogP) is 5.01. The van der Waals surface area contributed by atoms with E-state index in [2.05, 4.69) is 10.4 Å². The molecule has 0 bridgehead atoms. The fourth-order valence-corrected chi connectivity index (χ4v) is 3.25. The highest BCUT2D eigenvalue weighted by molar-refractivity contribution is 5.95. The number of alkyl halides is 3. The van der Waals surface area contributed by atoms with Gasteiger partial charge >= 0.3 is 6.18 Å². The molecule has 1 N–H and O–H groups in total. The molecule has 0 saturated heterocycles. The first-order chi connectivity index (χ1) is 14.1. The second-order valence-electron chi connectivity index (χ2n) is 7.04. The smallest absolute Gasteiger partial charge is 0.416 e. The summed E-state index contributed by atoms with van der Waals surface area (Å²) in [6.07, 6.45) is -3.11. The number of amides is 1. The van der Waals surface area contributed by atoms with E-state index in [9.17, 15) is 18.0 Å². The van der Waals surface area contributed by atoms with Crippen molar-refractivity contribution in [3.8, 4) is 11.4 Å². The van der Waals surface area contributed by atoms with Gasteiger partial charge in [-0.3, -0.25) is 4.79 Å². The van der Waals surface area contributed by atoms with E-state index in [4.69, 9.17) is 4.74 Å². The summed E-state index contributed by atoms with van der Waals surface area (Å²) in [6.45, 7) is 5.42. The van der Waals surface area contributed by atoms with Gasteiger partial charge in [-0.1, -0.05) is 23.8 Å². The molecule has 1 atom stereocenters.